The minimum absolute atomic E-state index is 0.103. The molecular formula is C12H26NO6S-. The van der Waals surface area contributed by atoms with E-state index >= 15 is 0 Å². The van der Waals surface area contributed by atoms with Crippen LogP contribution in [0.25, 0.3) is 0 Å². The third-order valence-electron chi connectivity index (χ3n) is 3.24. The summed E-state index contributed by atoms with van der Waals surface area (Å²) in [4.78, 5) is 1.66. The van der Waals surface area contributed by atoms with Crippen LogP contribution in [0, 0.1) is 5.92 Å². The molecule has 8 heteroatoms. The number of aliphatic hydroxyl groups excluding tert-OH is 3. The van der Waals surface area contributed by atoms with Crippen LogP contribution in [-0.4, -0.2) is 77.4 Å². The van der Waals surface area contributed by atoms with Gasteiger partial charge in [-0.2, -0.15) is 0 Å². The van der Waals surface area contributed by atoms with E-state index in [2.05, 4.69) is 0 Å². The van der Waals surface area contributed by atoms with Gasteiger partial charge in [-0.15, -0.1) is 0 Å². The van der Waals surface area contributed by atoms with Crippen molar-refractivity contribution >= 4 is 10.1 Å². The molecule has 0 unspecified atom stereocenters. The van der Waals surface area contributed by atoms with Crippen molar-refractivity contribution in [2.45, 2.75) is 32.2 Å². The van der Waals surface area contributed by atoms with Crippen molar-refractivity contribution in [3.8, 4) is 0 Å². The molecule has 0 radical (unpaired) electrons. The van der Waals surface area contributed by atoms with Crippen molar-refractivity contribution in [3.63, 3.8) is 0 Å². The average Bonchev–Trinajstić information content (AvgIpc) is 2.33. The second kappa shape index (κ2) is 8.91. The van der Waals surface area contributed by atoms with Gasteiger partial charge in [-0.25, -0.2) is 8.42 Å². The normalized spacial score (nSPS) is 13.4. The summed E-state index contributed by atoms with van der Waals surface area (Å²) in [5, 5.41) is 28.3. The van der Waals surface area contributed by atoms with Gasteiger partial charge in [0.05, 0.1) is 35.5 Å². The van der Waals surface area contributed by atoms with Gasteiger partial charge in [0, 0.05) is 12.3 Å². The van der Waals surface area contributed by atoms with E-state index in [0.717, 1.165) is 0 Å². The number of rotatable bonds is 11. The van der Waals surface area contributed by atoms with Crippen molar-refractivity contribution in [2.24, 2.45) is 5.92 Å². The number of hydrogen-bond acceptors (Lipinski definition) is 7. The maximum atomic E-state index is 10.6. The average molecular weight is 312 g/mol. The smallest absolute Gasteiger partial charge is 0.0946 e. The number of aliphatic hydroxyl groups is 3. The Bertz CT molecular complexity index is 353. The summed E-state index contributed by atoms with van der Waals surface area (Å²) in [5.74, 6) is -0.289. The standard InChI is InChI=1S/C12H27NO6S/c1-11(2)8-12(9-15,10-16)13(5-6-14)4-3-7-20(17,18)19/h11,14-16H,3-10H2,1-2H3,(H,17,18,19)/p-1. The molecule has 7 nitrogen and oxygen atoms in total. The van der Waals surface area contributed by atoms with Crippen molar-refractivity contribution in [1.29, 1.82) is 0 Å². The molecular weight excluding hydrogens is 286 g/mol. The molecule has 0 saturated heterocycles. The molecule has 0 aromatic rings. The highest BCUT2D eigenvalue weighted by Gasteiger charge is 2.35. The molecule has 0 aliphatic heterocycles. The lowest BCUT2D eigenvalue weighted by molar-refractivity contribution is -0.0333. The van der Waals surface area contributed by atoms with Crippen LogP contribution in [0.4, 0.5) is 0 Å². The van der Waals surface area contributed by atoms with Gasteiger partial charge < -0.3 is 19.9 Å². The number of nitrogens with zero attached hydrogens (tertiary/aromatic N) is 1. The minimum atomic E-state index is -4.28. The molecule has 0 atom stereocenters. The lowest BCUT2D eigenvalue weighted by Gasteiger charge is -2.42. The van der Waals surface area contributed by atoms with Gasteiger partial charge in [-0.05, 0) is 25.3 Å². The van der Waals surface area contributed by atoms with Crippen molar-refractivity contribution in [2.75, 3.05) is 38.7 Å². The van der Waals surface area contributed by atoms with E-state index in [1.165, 1.54) is 0 Å². The van der Waals surface area contributed by atoms with E-state index < -0.39 is 21.4 Å². The monoisotopic (exact) mass is 312 g/mol. The fourth-order valence-electron chi connectivity index (χ4n) is 2.41. The third kappa shape index (κ3) is 6.96. The lowest BCUT2D eigenvalue weighted by Crippen LogP contribution is -2.56. The van der Waals surface area contributed by atoms with E-state index in [0.29, 0.717) is 6.42 Å². The molecule has 0 spiro atoms. The first kappa shape index (κ1) is 19.8. The van der Waals surface area contributed by atoms with Crippen LogP contribution in [0.5, 0.6) is 0 Å². The van der Waals surface area contributed by atoms with Gasteiger partial charge in [0.2, 0.25) is 0 Å². The van der Waals surface area contributed by atoms with E-state index in [9.17, 15) is 23.2 Å². The Hall–Kier alpha value is -0.250. The second-order valence-electron chi connectivity index (χ2n) is 5.46. The number of hydrogen-bond donors (Lipinski definition) is 3. The summed E-state index contributed by atoms with van der Waals surface area (Å²) in [7, 11) is -4.28. The Morgan fingerprint density at radius 2 is 1.70 bits per heavy atom. The van der Waals surface area contributed by atoms with Gasteiger partial charge in [0.1, 0.15) is 0 Å². The summed E-state index contributed by atoms with van der Waals surface area (Å²) in [6.45, 7) is 3.53. The van der Waals surface area contributed by atoms with E-state index in [-0.39, 0.29) is 45.2 Å². The Kier molecular flexibility index (Phi) is 8.80. The molecule has 0 fully saturated rings. The topological polar surface area (TPSA) is 121 Å². The molecule has 0 bridgehead atoms. The maximum absolute atomic E-state index is 10.6. The lowest BCUT2D eigenvalue weighted by atomic mass is 9.88. The zero-order valence-corrected chi connectivity index (χ0v) is 13.0. The van der Waals surface area contributed by atoms with Crippen LogP contribution in [-0.2, 0) is 10.1 Å². The van der Waals surface area contributed by atoms with Crippen molar-refractivity contribution < 1.29 is 28.3 Å². The van der Waals surface area contributed by atoms with E-state index in [4.69, 9.17) is 5.11 Å². The Balaban J connectivity index is 4.88. The molecule has 0 rings (SSSR count). The zero-order chi connectivity index (χ0) is 15.8. The summed E-state index contributed by atoms with van der Waals surface area (Å²) in [5.41, 5.74) is -0.913. The minimum Gasteiger partial charge on any atom is -0.748 e. The highest BCUT2D eigenvalue weighted by Crippen LogP contribution is 2.24. The summed E-state index contributed by atoms with van der Waals surface area (Å²) >= 11 is 0. The molecule has 0 aromatic carbocycles. The van der Waals surface area contributed by atoms with Gasteiger partial charge in [0.25, 0.3) is 0 Å². The molecule has 0 aliphatic carbocycles. The molecule has 0 aromatic heterocycles. The van der Waals surface area contributed by atoms with Gasteiger partial charge in [-0.3, -0.25) is 4.90 Å². The van der Waals surface area contributed by atoms with E-state index in [1.54, 1.807) is 4.90 Å². The Morgan fingerprint density at radius 3 is 2.05 bits per heavy atom. The van der Waals surface area contributed by atoms with Crippen LogP contribution >= 0.6 is 0 Å². The first-order valence-corrected chi connectivity index (χ1v) is 8.29. The summed E-state index contributed by atoms with van der Waals surface area (Å²) in [6.07, 6.45) is 0.607. The van der Waals surface area contributed by atoms with Gasteiger partial charge in [0.15, 0.2) is 0 Å². The highest BCUT2D eigenvalue weighted by atomic mass is 32.2. The fourth-order valence-corrected chi connectivity index (χ4v) is 2.89. The fraction of sp³-hybridized carbons (Fsp3) is 1.00. The zero-order valence-electron chi connectivity index (χ0n) is 12.2. The van der Waals surface area contributed by atoms with Crippen molar-refractivity contribution in [3.05, 3.63) is 0 Å². The third-order valence-corrected chi connectivity index (χ3v) is 4.03. The second-order valence-corrected chi connectivity index (χ2v) is 6.99. The van der Waals surface area contributed by atoms with Crippen molar-refractivity contribution in [1.82, 2.24) is 4.90 Å². The van der Waals surface area contributed by atoms with Crippen LogP contribution in [0.3, 0.4) is 0 Å². The molecule has 0 saturated carbocycles. The van der Waals surface area contributed by atoms with E-state index in [1.807, 2.05) is 13.8 Å². The first-order chi connectivity index (χ1) is 9.20. The Morgan fingerprint density at radius 1 is 1.15 bits per heavy atom. The molecule has 0 amide bonds. The molecule has 0 aliphatic rings. The SMILES string of the molecule is CC(C)CC(CO)(CO)N(CCO)CCCS(=O)(=O)[O-]. The van der Waals surface area contributed by atoms with Crippen LogP contribution in [0.15, 0.2) is 0 Å². The first-order valence-electron chi connectivity index (χ1n) is 6.72. The van der Waals surface area contributed by atoms with Crippen LogP contribution in [0.1, 0.15) is 26.7 Å². The highest BCUT2D eigenvalue weighted by molar-refractivity contribution is 7.85. The molecule has 3 N–H and O–H groups in total. The predicted octanol–water partition coefficient (Wildman–Crippen LogP) is -1.01. The van der Waals surface area contributed by atoms with Crippen LogP contribution < -0.4 is 0 Å². The predicted molar refractivity (Wildman–Crippen MR) is 74.2 cm³/mol. The van der Waals surface area contributed by atoms with Gasteiger partial charge >= 0.3 is 0 Å². The maximum Gasteiger partial charge on any atom is 0.0946 e. The largest absolute Gasteiger partial charge is 0.748 e. The molecule has 20 heavy (non-hydrogen) atoms. The van der Waals surface area contributed by atoms with Gasteiger partial charge in [-0.1, -0.05) is 13.8 Å². The molecule has 0 heterocycles. The molecule has 122 valence electrons. The summed E-state index contributed by atoms with van der Waals surface area (Å²) < 4.78 is 31.8. The Labute approximate surface area is 121 Å². The number of β-amino-alcohol motifs (C(OH)–C–C–N with tert-alkyl or cyclic N) is 1. The van der Waals surface area contributed by atoms with Crippen LogP contribution in [0.2, 0.25) is 0 Å². The quantitative estimate of drug-likeness (QED) is 0.418. The summed E-state index contributed by atoms with van der Waals surface area (Å²) in [6, 6.07) is 0.